The van der Waals surface area contributed by atoms with Crippen molar-refractivity contribution in [3.63, 3.8) is 0 Å². The third-order valence-corrected chi connectivity index (χ3v) is 1.89. The van der Waals surface area contributed by atoms with Gasteiger partial charge in [0.1, 0.15) is 0 Å². The first-order valence-corrected chi connectivity index (χ1v) is 4.41. The maximum atomic E-state index is 10.4. The Morgan fingerprint density at radius 2 is 2.00 bits per heavy atom. The minimum atomic E-state index is -1.51. The van der Waals surface area contributed by atoms with Gasteiger partial charge in [0.05, 0.1) is 11.9 Å². The first-order valence-electron chi connectivity index (χ1n) is 4.41. The number of rotatable bonds is 2. The number of hydrogen-bond acceptors (Lipinski definition) is 4. The van der Waals surface area contributed by atoms with E-state index < -0.39 is 6.16 Å². The van der Waals surface area contributed by atoms with Gasteiger partial charge >= 0.3 is 6.16 Å². The number of para-hydroxylation sites is 1. The van der Waals surface area contributed by atoms with E-state index in [4.69, 9.17) is 5.11 Å². The fourth-order valence-electron chi connectivity index (χ4n) is 1.26. The number of nitrogens with zero attached hydrogens (tertiary/aromatic N) is 2. The molecule has 6 heteroatoms. The lowest BCUT2D eigenvalue weighted by molar-refractivity contribution is 0.139. The van der Waals surface area contributed by atoms with Crippen LogP contribution in [-0.4, -0.2) is 26.1 Å². The van der Waals surface area contributed by atoms with E-state index in [9.17, 15) is 9.90 Å². The predicted octanol–water partition coefficient (Wildman–Crippen LogP) is 1.63. The van der Waals surface area contributed by atoms with Gasteiger partial charge in [-0.15, -0.1) is 0 Å². The molecule has 1 aromatic heterocycles. The second-order valence-electron chi connectivity index (χ2n) is 2.95. The third-order valence-electron chi connectivity index (χ3n) is 1.89. The zero-order valence-electron chi connectivity index (χ0n) is 8.07. The molecule has 2 aromatic rings. The van der Waals surface area contributed by atoms with Gasteiger partial charge in [0.2, 0.25) is 0 Å². The van der Waals surface area contributed by atoms with Crippen molar-refractivity contribution >= 4 is 6.16 Å². The van der Waals surface area contributed by atoms with Crippen molar-refractivity contribution in [2.75, 3.05) is 0 Å². The summed E-state index contributed by atoms with van der Waals surface area (Å²) in [6.07, 6.45) is -0.390. The van der Waals surface area contributed by atoms with Gasteiger partial charge in [-0.25, -0.2) is 4.79 Å². The Labute approximate surface area is 90.3 Å². The molecule has 6 nitrogen and oxygen atoms in total. The van der Waals surface area contributed by atoms with Crippen LogP contribution in [-0.2, 0) is 0 Å². The molecule has 0 radical (unpaired) electrons. The van der Waals surface area contributed by atoms with E-state index >= 15 is 0 Å². The molecule has 1 aromatic carbocycles. The molecule has 82 valence electrons. The van der Waals surface area contributed by atoms with Crippen molar-refractivity contribution in [1.29, 1.82) is 0 Å². The van der Waals surface area contributed by atoms with Crippen LogP contribution in [0.3, 0.4) is 0 Å². The summed E-state index contributed by atoms with van der Waals surface area (Å²) in [5.41, 5.74) is 0.596. The number of aromatic nitrogens is 2. The lowest BCUT2D eigenvalue weighted by atomic mass is 10.3. The topological polar surface area (TPSA) is 84.6 Å². The minimum absolute atomic E-state index is 0.223. The lowest BCUT2D eigenvalue weighted by Crippen LogP contribution is -2.08. The summed E-state index contributed by atoms with van der Waals surface area (Å²) in [4.78, 5) is 10.4. The monoisotopic (exact) mass is 220 g/mol. The van der Waals surface area contributed by atoms with Crippen LogP contribution in [0.15, 0.2) is 36.5 Å². The molecule has 0 aliphatic heterocycles. The second-order valence-corrected chi connectivity index (χ2v) is 2.95. The maximum Gasteiger partial charge on any atom is 0.512 e. The summed E-state index contributed by atoms with van der Waals surface area (Å²) in [6.45, 7) is 0. The van der Waals surface area contributed by atoms with Gasteiger partial charge in [-0.3, -0.25) is 0 Å². The molecule has 0 bridgehead atoms. The van der Waals surface area contributed by atoms with Crippen LogP contribution in [0.25, 0.3) is 5.69 Å². The molecule has 1 heterocycles. The number of carboxylic acid groups (broad SMARTS) is 1. The van der Waals surface area contributed by atoms with E-state index in [0.29, 0.717) is 5.69 Å². The number of carbonyl (C=O) groups is 1. The van der Waals surface area contributed by atoms with Crippen molar-refractivity contribution in [1.82, 2.24) is 9.78 Å². The molecule has 0 aliphatic carbocycles. The van der Waals surface area contributed by atoms with E-state index in [1.165, 1.54) is 4.68 Å². The van der Waals surface area contributed by atoms with Crippen LogP contribution in [0.2, 0.25) is 0 Å². The molecule has 16 heavy (non-hydrogen) atoms. The highest BCUT2D eigenvalue weighted by Crippen LogP contribution is 2.28. The molecular formula is C10H8N2O4. The van der Waals surface area contributed by atoms with Crippen LogP contribution >= 0.6 is 0 Å². The average molecular weight is 220 g/mol. The van der Waals surface area contributed by atoms with Crippen LogP contribution in [0.1, 0.15) is 0 Å². The summed E-state index contributed by atoms with van der Waals surface area (Å²) < 4.78 is 5.64. The smallest absolute Gasteiger partial charge is 0.502 e. The Balaban J connectivity index is 2.46. The summed E-state index contributed by atoms with van der Waals surface area (Å²) in [5.74, 6) is -0.551. The normalized spacial score (nSPS) is 10.0. The standard InChI is InChI=1S/C10H8N2O4/c13-8-6-11-12(9(8)16-10(14)15)7-4-2-1-3-5-7/h1-6,13H,(H,14,15). The van der Waals surface area contributed by atoms with Crippen molar-refractivity contribution in [2.24, 2.45) is 0 Å². The van der Waals surface area contributed by atoms with Gasteiger partial charge in [0, 0.05) is 0 Å². The van der Waals surface area contributed by atoms with E-state index in [-0.39, 0.29) is 11.6 Å². The van der Waals surface area contributed by atoms with Crippen LogP contribution in [0.5, 0.6) is 11.6 Å². The van der Waals surface area contributed by atoms with Crippen LogP contribution in [0.4, 0.5) is 4.79 Å². The molecule has 0 amide bonds. The van der Waals surface area contributed by atoms with Crippen molar-refractivity contribution in [2.45, 2.75) is 0 Å². The van der Waals surface area contributed by atoms with E-state index in [0.717, 1.165) is 6.20 Å². The van der Waals surface area contributed by atoms with E-state index in [2.05, 4.69) is 9.84 Å². The minimum Gasteiger partial charge on any atom is -0.502 e. The predicted molar refractivity (Wildman–Crippen MR) is 53.9 cm³/mol. The number of ether oxygens (including phenoxy) is 1. The van der Waals surface area contributed by atoms with Crippen LogP contribution < -0.4 is 4.74 Å². The van der Waals surface area contributed by atoms with E-state index in [1.807, 2.05) is 6.07 Å². The summed E-state index contributed by atoms with van der Waals surface area (Å²) >= 11 is 0. The quantitative estimate of drug-likeness (QED) is 0.751. The Bertz CT molecular complexity index is 507. The zero-order chi connectivity index (χ0) is 11.5. The highest BCUT2D eigenvalue weighted by molar-refractivity contribution is 5.62. The van der Waals surface area contributed by atoms with Gasteiger partial charge in [0.15, 0.2) is 5.75 Å². The van der Waals surface area contributed by atoms with Crippen molar-refractivity contribution < 1.29 is 19.7 Å². The van der Waals surface area contributed by atoms with Gasteiger partial charge in [-0.2, -0.15) is 9.78 Å². The Morgan fingerprint density at radius 1 is 1.31 bits per heavy atom. The average Bonchev–Trinajstić information content (AvgIpc) is 2.61. The van der Waals surface area contributed by atoms with Crippen LogP contribution in [0, 0.1) is 0 Å². The molecule has 0 saturated heterocycles. The highest BCUT2D eigenvalue weighted by atomic mass is 16.7. The molecule has 0 saturated carbocycles. The van der Waals surface area contributed by atoms with Gasteiger partial charge in [0.25, 0.3) is 5.88 Å². The zero-order valence-corrected chi connectivity index (χ0v) is 8.07. The molecule has 2 N–H and O–H groups in total. The van der Waals surface area contributed by atoms with E-state index in [1.54, 1.807) is 24.3 Å². The molecule has 0 unspecified atom stereocenters. The third kappa shape index (κ3) is 1.81. The molecule has 0 aliphatic rings. The fraction of sp³-hybridized carbons (Fsp3) is 0. The first-order chi connectivity index (χ1) is 7.68. The Morgan fingerprint density at radius 3 is 2.62 bits per heavy atom. The second kappa shape index (κ2) is 3.93. The lowest BCUT2D eigenvalue weighted by Gasteiger charge is -2.05. The van der Waals surface area contributed by atoms with Gasteiger partial charge < -0.3 is 14.9 Å². The summed E-state index contributed by atoms with van der Waals surface area (Å²) in [6, 6.07) is 8.75. The summed E-state index contributed by atoms with van der Waals surface area (Å²) in [5, 5.41) is 21.7. The Hall–Kier alpha value is -2.50. The van der Waals surface area contributed by atoms with Gasteiger partial charge in [-0.1, -0.05) is 18.2 Å². The number of benzene rings is 1. The summed E-state index contributed by atoms with van der Waals surface area (Å²) in [7, 11) is 0. The molecule has 2 rings (SSSR count). The molecule has 0 atom stereocenters. The fourth-order valence-corrected chi connectivity index (χ4v) is 1.26. The Kier molecular flexibility index (Phi) is 2.47. The largest absolute Gasteiger partial charge is 0.512 e. The van der Waals surface area contributed by atoms with Crippen molar-refractivity contribution in [3.05, 3.63) is 36.5 Å². The maximum absolute atomic E-state index is 10.4. The SMILES string of the molecule is O=C(O)Oc1c(O)cnn1-c1ccccc1. The molecule has 0 spiro atoms. The highest BCUT2D eigenvalue weighted by Gasteiger charge is 2.15. The first kappa shape index (κ1) is 10.0. The van der Waals surface area contributed by atoms with Gasteiger partial charge in [-0.05, 0) is 12.1 Å². The van der Waals surface area contributed by atoms with Crippen molar-refractivity contribution in [3.8, 4) is 17.3 Å². The molecular weight excluding hydrogens is 212 g/mol. The number of hydrogen-bond donors (Lipinski definition) is 2. The number of aromatic hydroxyl groups is 1. The molecule has 0 fully saturated rings.